The van der Waals surface area contributed by atoms with Crippen molar-refractivity contribution >= 4 is 22.4 Å². The zero-order chi connectivity index (χ0) is 13.7. The van der Waals surface area contributed by atoms with Crippen LogP contribution in [0.2, 0.25) is 5.02 Å². The molecule has 2 atom stereocenters. The van der Waals surface area contributed by atoms with Crippen LogP contribution in [0.5, 0.6) is 0 Å². The third-order valence-electron chi connectivity index (χ3n) is 3.26. The van der Waals surface area contributed by atoms with Crippen molar-refractivity contribution in [2.75, 3.05) is 12.8 Å². The molecule has 18 heavy (non-hydrogen) atoms. The number of halogens is 1. The minimum Gasteiger partial charge on any atom is -0.313 e. The lowest BCUT2D eigenvalue weighted by Gasteiger charge is -2.13. The standard InChI is InChI=1S/C14H22ClNOS/c1-10-7-13(15)8-11(2)14(10)9-16-6-5-12(3)18(4)17/h7-8,12,16H,5-6,9H2,1-4H3. The Kier molecular flexibility index (Phi) is 6.33. The number of benzene rings is 1. The second-order valence-corrected chi connectivity index (χ2v) is 7.03. The number of hydrogen-bond acceptors (Lipinski definition) is 2. The first-order valence-corrected chi connectivity index (χ1v) is 8.20. The summed E-state index contributed by atoms with van der Waals surface area (Å²) in [7, 11) is -0.728. The third kappa shape index (κ3) is 4.71. The first-order chi connectivity index (χ1) is 8.41. The molecule has 1 rings (SSSR count). The quantitative estimate of drug-likeness (QED) is 0.814. The van der Waals surface area contributed by atoms with E-state index in [0.29, 0.717) is 0 Å². The molecule has 2 nitrogen and oxygen atoms in total. The van der Waals surface area contributed by atoms with E-state index in [9.17, 15) is 4.21 Å². The predicted molar refractivity (Wildman–Crippen MR) is 80.8 cm³/mol. The molecule has 102 valence electrons. The molecule has 4 heteroatoms. The van der Waals surface area contributed by atoms with Gasteiger partial charge in [-0.15, -0.1) is 0 Å². The molecule has 0 amide bonds. The fraction of sp³-hybridized carbons (Fsp3) is 0.571. The van der Waals surface area contributed by atoms with Crippen LogP contribution in [-0.2, 0) is 17.3 Å². The Bertz CT molecular complexity index is 411. The van der Waals surface area contributed by atoms with Crippen molar-refractivity contribution in [2.45, 2.75) is 39.0 Å². The summed E-state index contributed by atoms with van der Waals surface area (Å²) in [4.78, 5) is 0. The Morgan fingerprint density at radius 3 is 2.39 bits per heavy atom. The van der Waals surface area contributed by atoms with Gasteiger partial charge in [-0.1, -0.05) is 18.5 Å². The first kappa shape index (κ1) is 15.7. The van der Waals surface area contributed by atoms with E-state index in [4.69, 9.17) is 11.6 Å². The molecule has 0 radical (unpaired) electrons. The van der Waals surface area contributed by atoms with Crippen molar-refractivity contribution in [1.29, 1.82) is 0 Å². The van der Waals surface area contributed by atoms with Gasteiger partial charge in [0.15, 0.2) is 0 Å². The summed E-state index contributed by atoms with van der Waals surface area (Å²) in [6, 6.07) is 3.99. The van der Waals surface area contributed by atoms with Crippen LogP contribution < -0.4 is 5.32 Å². The maximum atomic E-state index is 11.2. The maximum Gasteiger partial charge on any atom is 0.0411 e. The van der Waals surface area contributed by atoms with Crippen LogP contribution in [0, 0.1) is 13.8 Å². The van der Waals surface area contributed by atoms with Crippen molar-refractivity contribution in [1.82, 2.24) is 5.32 Å². The molecule has 1 aromatic rings. The highest BCUT2D eigenvalue weighted by atomic mass is 35.5. The molecule has 0 aliphatic rings. The summed E-state index contributed by atoms with van der Waals surface area (Å²) in [5.74, 6) is 0. The van der Waals surface area contributed by atoms with Crippen LogP contribution in [0.15, 0.2) is 12.1 Å². The van der Waals surface area contributed by atoms with Gasteiger partial charge in [0, 0.05) is 33.9 Å². The van der Waals surface area contributed by atoms with E-state index < -0.39 is 10.8 Å². The number of rotatable bonds is 6. The van der Waals surface area contributed by atoms with Crippen LogP contribution in [0.3, 0.4) is 0 Å². The van der Waals surface area contributed by atoms with Gasteiger partial charge in [0.2, 0.25) is 0 Å². The highest BCUT2D eigenvalue weighted by Crippen LogP contribution is 2.19. The van der Waals surface area contributed by atoms with Gasteiger partial charge in [0.25, 0.3) is 0 Å². The van der Waals surface area contributed by atoms with E-state index in [0.717, 1.165) is 24.5 Å². The summed E-state index contributed by atoms with van der Waals surface area (Å²) in [5, 5.41) is 4.46. The predicted octanol–water partition coefficient (Wildman–Crippen LogP) is 3.20. The van der Waals surface area contributed by atoms with E-state index >= 15 is 0 Å². The van der Waals surface area contributed by atoms with Crippen LogP contribution >= 0.6 is 11.6 Å². The summed E-state index contributed by atoms with van der Waals surface area (Å²) in [5.41, 5.74) is 3.75. The number of hydrogen-bond donors (Lipinski definition) is 1. The first-order valence-electron chi connectivity index (χ1n) is 6.20. The number of nitrogens with one attached hydrogen (secondary N) is 1. The summed E-state index contributed by atoms with van der Waals surface area (Å²) in [6.45, 7) is 7.93. The normalized spacial score (nSPS) is 14.5. The van der Waals surface area contributed by atoms with E-state index in [1.807, 2.05) is 19.1 Å². The van der Waals surface area contributed by atoms with Crippen LogP contribution in [0.4, 0.5) is 0 Å². The minimum absolute atomic E-state index is 0.255. The maximum absolute atomic E-state index is 11.2. The summed E-state index contributed by atoms with van der Waals surface area (Å²) >= 11 is 6.01. The van der Waals surface area contributed by atoms with E-state index in [-0.39, 0.29) is 5.25 Å². The molecule has 0 saturated heterocycles. The van der Waals surface area contributed by atoms with Crippen LogP contribution in [0.1, 0.15) is 30.0 Å². The van der Waals surface area contributed by atoms with Crippen LogP contribution in [-0.4, -0.2) is 22.3 Å². The zero-order valence-electron chi connectivity index (χ0n) is 11.5. The molecule has 0 heterocycles. The topological polar surface area (TPSA) is 29.1 Å². The molecule has 0 fully saturated rings. The molecule has 0 saturated carbocycles. The minimum atomic E-state index is -0.728. The van der Waals surface area contributed by atoms with Gasteiger partial charge in [-0.25, -0.2) is 0 Å². The zero-order valence-corrected chi connectivity index (χ0v) is 13.1. The highest BCUT2D eigenvalue weighted by Gasteiger charge is 2.07. The van der Waals surface area contributed by atoms with E-state index in [1.54, 1.807) is 6.26 Å². The lowest BCUT2D eigenvalue weighted by molar-refractivity contribution is 0.627. The van der Waals surface area contributed by atoms with Gasteiger partial charge >= 0.3 is 0 Å². The summed E-state index contributed by atoms with van der Waals surface area (Å²) < 4.78 is 11.2. The van der Waals surface area contributed by atoms with Crippen molar-refractivity contribution in [3.63, 3.8) is 0 Å². The molecule has 2 unspecified atom stereocenters. The van der Waals surface area contributed by atoms with Crippen molar-refractivity contribution in [3.8, 4) is 0 Å². The largest absolute Gasteiger partial charge is 0.313 e. The molecule has 0 aromatic heterocycles. The number of aryl methyl sites for hydroxylation is 2. The Morgan fingerprint density at radius 2 is 1.89 bits per heavy atom. The summed E-state index contributed by atoms with van der Waals surface area (Å²) in [6.07, 6.45) is 2.70. The van der Waals surface area contributed by atoms with Gasteiger partial charge in [-0.2, -0.15) is 0 Å². The Balaban J connectivity index is 2.47. The third-order valence-corrected chi connectivity index (χ3v) is 4.84. The molecule has 0 bridgehead atoms. The Hall–Kier alpha value is -0.380. The molecule has 1 N–H and O–H groups in total. The fourth-order valence-corrected chi connectivity index (χ4v) is 2.68. The molecular weight excluding hydrogens is 266 g/mol. The van der Waals surface area contributed by atoms with Gasteiger partial charge in [-0.3, -0.25) is 4.21 Å². The van der Waals surface area contributed by atoms with Crippen LogP contribution in [0.25, 0.3) is 0 Å². The van der Waals surface area contributed by atoms with E-state index in [2.05, 4.69) is 19.2 Å². The average Bonchev–Trinajstić information content (AvgIpc) is 2.26. The molecule has 0 aliphatic heterocycles. The highest BCUT2D eigenvalue weighted by molar-refractivity contribution is 7.84. The molecule has 0 spiro atoms. The average molecular weight is 288 g/mol. The fourth-order valence-electron chi connectivity index (χ4n) is 1.90. The molecular formula is C14H22ClNOS. The van der Waals surface area contributed by atoms with Crippen molar-refractivity contribution in [3.05, 3.63) is 33.8 Å². The monoisotopic (exact) mass is 287 g/mol. The molecule has 0 aliphatic carbocycles. The van der Waals surface area contributed by atoms with Gasteiger partial charge < -0.3 is 5.32 Å². The smallest absolute Gasteiger partial charge is 0.0411 e. The lowest BCUT2D eigenvalue weighted by Crippen LogP contribution is -2.21. The Morgan fingerprint density at radius 1 is 1.33 bits per heavy atom. The van der Waals surface area contributed by atoms with E-state index in [1.165, 1.54) is 16.7 Å². The SMILES string of the molecule is Cc1cc(Cl)cc(C)c1CNCCC(C)S(C)=O. The Labute approximate surface area is 118 Å². The second-order valence-electron chi connectivity index (χ2n) is 4.79. The second kappa shape index (κ2) is 7.27. The van der Waals surface area contributed by atoms with Crippen molar-refractivity contribution < 1.29 is 4.21 Å². The van der Waals surface area contributed by atoms with Crippen molar-refractivity contribution in [2.24, 2.45) is 0 Å². The van der Waals surface area contributed by atoms with Gasteiger partial charge in [0.05, 0.1) is 0 Å². The molecule has 1 aromatic carbocycles. The lowest BCUT2D eigenvalue weighted by atomic mass is 10.0. The van der Waals surface area contributed by atoms with Gasteiger partial charge in [0.1, 0.15) is 0 Å². The van der Waals surface area contributed by atoms with Gasteiger partial charge in [-0.05, 0) is 55.6 Å².